The molecule has 1 amide bonds. The number of tetrazole rings is 1. The van der Waals surface area contributed by atoms with Gasteiger partial charge in [-0.1, -0.05) is 31.0 Å². The van der Waals surface area contributed by atoms with Crippen molar-refractivity contribution < 1.29 is 9.90 Å². The summed E-state index contributed by atoms with van der Waals surface area (Å²) >= 11 is 1.32. The van der Waals surface area contributed by atoms with Gasteiger partial charge in [0.15, 0.2) is 0 Å². The maximum Gasteiger partial charge on any atom is 0.233 e. The quantitative estimate of drug-likeness (QED) is 0.747. The smallest absolute Gasteiger partial charge is 0.233 e. The van der Waals surface area contributed by atoms with Gasteiger partial charge in [-0.2, -0.15) is 0 Å². The first-order valence-corrected chi connectivity index (χ1v) is 7.92. The number of carbonyl (C=O) groups is 1. The Morgan fingerprint density at radius 1 is 1.50 bits per heavy atom. The van der Waals surface area contributed by atoms with Crippen molar-refractivity contribution in [2.75, 3.05) is 6.61 Å². The summed E-state index contributed by atoms with van der Waals surface area (Å²) in [4.78, 5) is 12.1. The van der Waals surface area contributed by atoms with Gasteiger partial charge in [0.25, 0.3) is 0 Å². The van der Waals surface area contributed by atoms with Crippen molar-refractivity contribution in [3.05, 3.63) is 0 Å². The summed E-state index contributed by atoms with van der Waals surface area (Å²) in [5, 5.41) is 23.5. The van der Waals surface area contributed by atoms with Crippen LogP contribution in [0.1, 0.15) is 39.0 Å². The number of nitrogens with zero attached hydrogens (tertiary/aromatic N) is 4. The summed E-state index contributed by atoms with van der Waals surface area (Å²) in [5.41, 5.74) is 0. The number of hydrogen-bond donors (Lipinski definition) is 2. The third-order valence-electron chi connectivity index (χ3n) is 3.41. The van der Waals surface area contributed by atoms with Gasteiger partial charge in [-0.15, -0.1) is 5.10 Å². The largest absolute Gasteiger partial charge is 0.394 e. The van der Waals surface area contributed by atoms with E-state index in [-0.39, 0.29) is 17.8 Å². The molecular weight excluding hydrogens is 278 g/mol. The summed E-state index contributed by atoms with van der Waals surface area (Å²) < 4.78 is 1.51. The normalized spacial score (nSPS) is 17.9. The van der Waals surface area contributed by atoms with E-state index in [2.05, 4.69) is 20.8 Å². The molecule has 0 aromatic carbocycles. The van der Waals surface area contributed by atoms with E-state index in [1.54, 1.807) is 0 Å². The molecule has 0 bridgehead atoms. The van der Waals surface area contributed by atoms with Crippen molar-refractivity contribution in [1.82, 2.24) is 25.5 Å². The van der Waals surface area contributed by atoms with E-state index in [1.165, 1.54) is 35.7 Å². The first kappa shape index (κ1) is 15.2. The SMILES string of the molecule is CC(Sc1nnnn1CCO)C(=O)NC1CCCCC1. The molecule has 112 valence electrons. The molecule has 7 nitrogen and oxygen atoms in total. The highest BCUT2D eigenvalue weighted by atomic mass is 32.2. The van der Waals surface area contributed by atoms with Crippen molar-refractivity contribution in [2.24, 2.45) is 0 Å². The van der Waals surface area contributed by atoms with Crippen LogP contribution in [-0.2, 0) is 11.3 Å². The first-order chi connectivity index (χ1) is 9.70. The minimum Gasteiger partial charge on any atom is -0.394 e. The Morgan fingerprint density at radius 3 is 2.95 bits per heavy atom. The average Bonchev–Trinajstić information content (AvgIpc) is 2.87. The van der Waals surface area contributed by atoms with Gasteiger partial charge >= 0.3 is 0 Å². The summed E-state index contributed by atoms with van der Waals surface area (Å²) in [7, 11) is 0. The zero-order chi connectivity index (χ0) is 14.4. The maximum atomic E-state index is 12.1. The Morgan fingerprint density at radius 2 is 2.25 bits per heavy atom. The van der Waals surface area contributed by atoms with Crippen molar-refractivity contribution in [1.29, 1.82) is 0 Å². The number of hydrogen-bond acceptors (Lipinski definition) is 6. The standard InChI is InChI=1S/C12H21N5O2S/c1-9(11(19)13-10-5-3-2-4-6-10)20-12-14-15-16-17(12)7-8-18/h9-10,18H,2-8H2,1H3,(H,13,19). The second kappa shape index (κ2) is 7.58. The Balaban J connectivity index is 1.85. The van der Waals surface area contributed by atoms with E-state index in [9.17, 15) is 4.79 Å². The zero-order valence-corrected chi connectivity index (χ0v) is 12.5. The van der Waals surface area contributed by atoms with E-state index >= 15 is 0 Å². The van der Waals surface area contributed by atoms with Crippen LogP contribution >= 0.6 is 11.8 Å². The van der Waals surface area contributed by atoms with Crippen LogP contribution in [0.3, 0.4) is 0 Å². The third kappa shape index (κ3) is 4.17. The summed E-state index contributed by atoms with van der Waals surface area (Å²) in [5.74, 6) is 0.0282. The molecule has 1 aromatic rings. The van der Waals surface area contributed by atoms with Gasteiger partial charge in [-0.25, -0.2) is 4.68 Å². The van der Waals surface area contributed by atoms with Gasteiger partial charge in [-0.05, 0) is 30.2 Å². The van der Waals surface area contributed by atoms with Crippen LogP contribution in [0.2, 0.25) is 0 Å². The molecule has 0 radical (unpaired) electrons. The van der Waals surface area contributed by atoms with E-state index < -0.39 is 0 Å². The van der Waals surface area contributed by atoms with Crippen LogP contribution in [-0.4, -0.2) is 49.1 Å². The number of aromatic nitrogens is 4. The summed E-state index contributed by atoms with van der Waals surface area (Å²) in [6, 6.07) is 0.313. The molecule has 1 unspecified atom stereocenters. The van der Waals surface area contributed by atoms with Crippen LogP contribution in [0.25, 0.3) is 0 Å². The molecule has 0 spiro atoms. The Kier molecular flexibility index (Phi) is 5.78. The van der Waals surface area contributed by atoms with E-state index in [0.29, 0.717) is 17.7 Å². The molecule has 1 aliphatic rings. The molecule has 1 aliphatic carbocycles. The second-order valence-electron chi connectivity index (χ2n) is 5.01. The van der Waals surface area contributed by atoms with Gasteiger partial charge in [0, 0.05) is 6.04 Å². The fourth-order valence-corrected chi connectivity index (χ4v) is 3.12. The molecule has 20 heavy (non-hydrogen) atoms. The predicted octanol–water partition coefficient (Wildman–Crippen LogP) is 0.595. The molecule has 2 N–H and O–H groups in total. The Bertz CT molecular complexity index is 433. The van der Waals surface area contributed by atoms with Gasteiger partial charge < -0.3 is 10.4 Å². The molecule has 8 heteroatoms. The highest BCUT2D eigenvalue weighted by Gasteiger charge is 2.22. The second-order valence-corrected chi connectivity index (χ2v) is 6.32. The Hall–Kier alpha value is -1.15. The molecule has 0 saturated heterocycles. The fourth-order valence-electron chi connectivity index (χ4n) is 2.29. The Labute approximate surface area is 122 Å². The number of carbonyl (C=O) groups excluding carboxylic acids is 1. The lowest BCUT2D eigenvalue weighted by Crippen LogP contribution is -2.40. The van der Waals surface area contributed by atoms with Gasteiger partial charge in [-0.3, -0.25) is 4.79 Å². The van der Waals surface area contributed by atoms with Crippen LogP contribution in [0.5, 0.6) is 0 Å². The van der Waals surface area contributed by atoms with Crippen molar-refractivity contribution in [3.63, 3.8) is 0 Å². The van der Waals surface area contributed by atoms with Crippen molar-refractivity contribution >= 4 is 17.7 Å². The topological polar surface area (TPSA) is 92.9 Å². The highest BCUT2D eigenvalue weighted by molar-refractivity contribution is 8.00. The van der Waals surface area contributed by atoms with Crippen LogP contribution in [0, 0.1) is 0 Å². The molecular formula is C12H21N5O2S. The van der Waals surface area contributed by atoms with Crippen molar-refractivity contribution in [2.45, 2.75) is 62.0 Å². The number of nitrogens with one attached hydrogen (secondary N) is 1. The van der Waals surface area contributed by atoms with Crippen LogP contribution in [0.4, 0.5) is 0 Å². The lowest BCUT2D eigenvalue weighted by molar-refractivity contribution is -0.121. The van der Waals surface area contributed by atoms with Gasteiger partial charge in [0.05, 0.1) is 18.4 Å². The maximum absolute atomic E-state index is 12.1. The highest BCUT2D eigenvalue weighted by Crippen LogP contribution is 2.22. The minimum absolute atomic E-state index is 0.0265. The van der Waals surface area contributed by atoms with Gasteiger partial charge in [0.2, 0.25) is 11.1 Å². The summed E-state index contributed by atoms with van der Waals surface area (Å²) in [6.45, 7) is 2.16. The van der Waals surface area contributed by atoms with E-state index in [4.69, 9.17) is 5.11 Å². The number of rotatable bonds is 6. The molecule has 0 aliphatic heterocycles. The number of aliphatic hydroxyl groups excluding tert-OH is 1. The lowest BCUT2D eigenvalue weighted by Gasteiger charge is -2.24. The number of thioether (sulfide) groups is 1. The van der Waals surface area contributed by atoms with E-state index in [1.807, 2.05) is 6.92 Å². The molecule has 1 saturated carbocycles. The minimum atomic E-state index is -0.250. The molecule has 1 aromatic heterocycles. The molecule has 1 heterocycles. The van der Waals surface area contributed by atoms with Crippen molar-refractivity contribution in [3.8, 4) is 0 Å². The summed E-state index contributed by atoms with van der Waals surface area (Å²) in [6.07, 6.45) is 5.81. The monoisotopic (exact) mass is 299 g/mol. The number of amides is 1. The predicted molar refractivity (Wildman–Crippen MR) is 75.2 cm³/mol. The molecule has 2 rings (SSSR count). The third-order valence-corrected chi connectivity index (χ3v) is 4.48. The molecule has 1 atom stereocenters. The van der Waals surface area contributed by atoms with Gasteiger partial charge in [0.1, 0.15) is 0 Å². The molecule has 1 fully saturated rings. The van der Waals surface area contributed by atoms with E-state index in [0.717, 1.165) is 12.8 Å². The number of aliphatic hydroxyl groups is 1. The lowest BCUT2D eigenvalue weighted by atomic mass is 9.95. The van der Waals surface area contributed by atoms with Crippen LogP contribution in [0.15, 0.2) is 5.16 Å². The fraction of sp³-hybridized carbons (Fsp3) is 0.833. The first-order valence-electron chi connectivity index (χ1n) is 7.04. The average molecular weight is 299 g/mol. The van der Waals surface area contributed by atoms with Crippen LogP contribution < -0.4 is 5.32 Å². The zero-order valence-electron chi connectivity index (χ0n) is 11.7.